The maximum Gasteiger partial charge on any atom is 0.146 e. The molecule has 0 heterocycles. The van der Waals surface area contributed by atoms with Crippen LogP contribution in [0.5, 0.6) is 0 Å². The summed E-state index contributed by atoms with van der Waals surface area (Å²) in [6.07, 6.45) is 1.08. The molecule has 112 valence electrons. The van der Waals surface area contributed by atoms with Crippen molar-refractivity contribution in [3.63, 3.8) is 0 Å². The second-order valence-corrected chi connectivity index (χ2v) is 7.19. The van der Waals surface area contributed by atoms with Crippen molar-refractivity contribution >= 4 is 27.5 Å². The molecular weight excluding hydrogens is 351 g/mol. The van der Waals surface area contributed by atoms with Gasteiger partial charge in [-0.15, -0.1) is 0 Å². The fourth-order valence-corrected chi connectivity index (χ4v) is 3.04. The first kappa shape index (κ1) is 16.5. The Balaban J connectivity index is 2.32. The van der Waals surface area contributed by atoms with E-state index in [4.69, 9.17) is 11.6 Å². The molecule has 2 rings (SSSR count). The molecule has 0 amide bonds. The third kappa shape index (κ3) is 3.49. The maximum absolute atomic E-state index is 14.1. The Kier molecular flexibility index (Phi) is 5.11. The van der Waals surface area contributed by atoms with E-state index < -0.39 is 0 Å². The zero-order valence-corrected chi connectivity index (χ0v) is 14.8. The highest BCUT2D eigenvalue weighted by atomic mass is 79.9. The van der Waals surface area contributed by atoms with Crippen molar-refractivity contribution in [2.45, 2.75) is 37.4 Å². The molecule has 1 atom stereocenters. The van der Waals surface area contributed by atoms with Crippen LogP contribution in [0.15, 0.2) is 42.5 Å². The molecule has 0 fully saturated rings. The molecule has 21 heavy (non-hydrogen) atoms. The van der Waals surface area contributed by atoms with Crippen LogP contribution in [0.4, 0.5) is 4.39 Å². The molecule has 3 heteroatoms. The van der Waals surface area contributed by atoms with E-state index in [-0.39, 0.29) is 21.1 Å². The van der Waals surface area contributed by atoms with Crippen LogP contribution in [0.3, 0.4) is 0 Å². The number of benzene rings is 2. The van der Waals surface area contributed by atoms with E-state index >= 15 is 0 Å². The molecular formula is C18H19BrClF. The molecule has 0 aliphatic carbocycles. The SMILES string of the molecule is CCC(C)(C)c1ccc(C(Br)c2cccc(Cl)c2F)cc1. The lowest BCUT2D eigenvalue weighted by Crippen LogP contribution is -2.15. The Bertz CT molecular complexity index is 620. The molecule has 0 radical (unpaired) electrons. The molecule has 0 aliphatic rings. The minimum atomic E-state index is -0.362. The van der Waals surface area contributed by atoms with E-state index in [1.54, 1.807) is 18.2 Å². The second-order valence-electron chi connectivity index (χ2n) is 5.87. The smallest absolute Gasteiger partial charge is 0.146 e. The van der Waals surface area contributed by atoms with Gasteiger partial charge in [-0.25, -0.2) is 4.39 Å². The highest BCUT2D eigenvalue weighted by molar-refractivity contribution is 9.09. The second kappa shape index (κ2) is 6.50. The summed E-state index contributed by atoms with van der Waals surface area (Å²) in [7, 11) is 0. The van der Waals surface area contributed by atoms with Gasteiger partial charge in [-0.1, -0.05) is 84.7 Å². The number of hydrogen-bond donors (Lipinski definition) is 0. The lowest BCUT2D eigenvalue weighted by atomic mass is 9.82. The zero-order chi connectivity index (χ0) is 15.6. The minimum Gasteiger partial charge on any atom is -0.205 e. The van der Waals surface area contributed by atoms with Crippen LogP contribution < -0.4 is 0 Å². The highest BCUT2D eigenvalue weighted by Crippen LogP contribution is 2.36. The van der Waals surface area contributed by atoms with Crippen molar-refractivity contribution < 1.29 is 4.39 Å². The van der Waals surface area contributed by atoms with Crippen molar-refractivity contribution in [2.24, 2.45) is 0 Å². The molecule has 0 N–H and O–H groups in total. The van der Waals surface area contributed by atoms with Crippen molar-refractivity contribution in [1.29, 1.82) is 0 Å². The van der Waals surface area contributed by atoms with E-state index in [0.29, 0.717) is 5.56 Å². The number of halogens is 3. The molecule has 0 bridgehead atoms. The van der Waals surface area contributed by atoms with E-state index in [9.17, 15) is 4.39 Å². The van der Waals surface area contributed by atoms with Gasteiger partial charge in [-0.05, 0) is 29.0 Å². The van der Waals surface area contributed by atoms with Crippen LogP contribution in [0.2, 0.25) is 5.02 Å². The van der Waals surface area contributed by atoms with Crippen molar-refractivity contribution in [1.82, 2.24) is 0 Å². The molecule has 0 saturated carbocycles. The van der Waals surface area contributed by atoms with Crippen LogP contribution in [-0.4, -0.2) is 0 Å². The largest absolute Gasteiger partial charge is 0.205 e. The summed E-state index contributed by atoms with van der Waals surface area (Å²) in [6.45, 7) is 6.64. The zero-order valence-electron chi connectivity index (χ0n) is 12.5. The molecule has 0 saturated heterocycles. The van der Waals surface area contributed by atoms with E-state index in [2.05, 4.69) is 48.8 Å². The summed E-state index contributed by atoms with van der Waals surface area (Å²) in [5.41, 5.74) is 3.03. The summed E-state index contributed by atoms with van der Waals surface area (Å²) in [4.78, 5) is -0.199. The van der Waals surface area contributed by atoms with Gasteiger partial charge >= 0.3 is 0 Å². The fourth-order valence-electron chi connectivity index (χ4n) is 2.20. The van der Waals surface area contributed by atoms with Gasteiger partial charge in [0.2, 0.25) is 0 Å². The van der Waals surface area contributed by atoms with Gasteiger partial charge in [0.25, 0.3) is 0 Å². The van der Waals surface area contributed by atoms with Gasteiger partial charge in [0.05, 0.1) is 9.85 Å². The first-order valence-electron chi connectivity index (χ1n) is 7.05. The van der Waals surface area contributed by atoms with Gasteiger partial charge < -0.3 is 0 Å². The average Bonchev–Trinajstić information content (AvgIpc) is 2.49. The maximum atomic E-state index is 14.1. The Morgan fingerprint density at radius 3 is 2.33 bits per heavy atom. The van der Waals surface area contributed by atoms with E-state index in [1.165, 1.54) is 5.56 Å². The summed E-state index contributed by atoms with van der Waals surface area (Å²) in [5, 5.41) is 0.153. The lowest BCUT2D eigenvalue weighted by molar-refractivity contribution is 0.506. The van der Waals surface area contributed by atoms with Crippen LogP contribution in [-0.2, 0) is 5.41 Å². The molecule has 0 nitrogen and oxygen atoms in total. The summed E-state index contributed by atoms with van der Waals surface area (Å²) in [5.74, 6) is -0.362. The predicted octanol–water partition coefficient (Wildman–Crippen LogP) is 6.65. The predicted molar refractivity (Wildman–Crippen MR) is 91.9 cm³/mol. The first-order valence-corrected chi connectivity index (χ1v) is 8.34. The third-order valence-electron chi connectivity index (χ3n) is 4.12. The van der Waals surface area contributed by atoms with Gasteiger partial charge in [0.15, 0.2) is 0 Å². The van der Waals surface area contributed by atoms with Gasteiger partial charge in [-0.3, -0.25) is 0 Å². The summed E-state index contributed by atoms with van der Waals surface area (Å²) in [6, 6.07) is 13.4. The van der Waals surface area contributed by atoms with Gasteiger partial charge in [-0.2, -0.15) is 0 Å². The quantitative estimate of drug-likeness (QED) is 0.529. The van der Waals surface area contributed by atoms with Crippen molar-refractivity contribution in [2.75, 3.05) is 0 Å². The number of hydrogen-bond acceptors (Lipinski definition) is 0. The molecule has 2 aromatic rings. The topological polar surface area (TPSA) is 0 Å². The van der Waals surface area contributed by atoms with Crippen molar-refractivity contribution in [3.05, 3.63) is 70.0 Å². The van der Waals surface area contributed by atoms with E-state index in [0.717, 1.165) is 12.0 Å². The molecule has 0 spiro atoms. The molecule has 1 unspecified atom stereocenters. The van der Waals surface area contributed by atoms with Crippen LogP contribution in [0.1, 0.15) is 48.7 Å². The highest BCUT2D eigenvalue weighted by Gasteiger charge is 2.20. The Morgan fingerprint density at radius 1 is 1.14 bits per heavy atom. The van der Waals surface area contributed by atoms with E-state index in [1.807, 2.05) is 12.1 Å². The Labute approximate surface area is 139 Å². The van der Waals surface area contributed by atoms with Gasteiger partial charge in [0, 0.05) is 5.56 Å². The number of rotatable bonds is 4. The average molecular weight is 370 g/mol. The Morgan fingerprint density at radius 2 is 1.76 bits per heavy atom. The lowest BCUT2D eigenvalue weighted by Gasteiger charge is -2.24. The Hall–Kier alpha value is -0.860. The first-order chi connectivity index (χ1) is 9.86. The third-order valence-corrected chi connectivity index (χ3v) is 5.44. The normalized spacial score (nSPS) is 13.2. The van der Waals surface area contributed by atoms with Crippen LogP contribution in [0.25, 0.3) is 0 Å². The minimum absolute atomic E-state index is 0.153. The molecule has 0 aliphatic heterocycles. The van der Waals surface area contributed by atoms with Crippen molar-refractivity contribution in [3.8, 4) is 0 Å². The van der Waals surface area contributed by atoms with Crippen LogP contribution in [0, 0.1) is 5.82 Å². The standard InChI is InChI=1S/C18H19BrClF/c1-4-18(2,3)13-10-8-12(9-11-13)16(19)14-6-5-7-15(20)17(14)21/h5-11,16H,4H2,1-3H3. The summed E-state index contributed by atoms with van der Waals surface area (Å²) < 4.78 is 14.1. The fraction of sp³-hybridized carbons (Fsp3) is 0.333. The molecule has 2 aromatic carbocycles. The van der Waals surface area contributed by atoms with Crippen LogP contribution >= 0.6 is 27.5 Å². The molecule has 0 aromatic heterocycles. The summed E-state index contributed by atoms with van der Waals surface area (Å²) >= 11 is 9.43. The monoisotopic (exact) mass is 368 g/mol. The van der Waals surface area contributed by atoms with Gasteiger partial charge in [0.1, 0.15) is 5.82 Å². The number of alkyl halides is 1.